The van der Waals surface area contributed by atoms with Gasteiger partial charge in [-0.25, -0.2) is 14.8 Å². The molecule has 0 radical (unpaired) electrons. The highest BCUT2D eigenvalue weighted by molar-refractivity contribution is 5.88. The quantitative estimate of drug-likeness (QED) is 0.600. The summed E-state index contributed by atoms with van der Waals surface area (Å²) < 4.78 is 5.34. The molecule has 0 saturated carbocycles. The molecular formula is C19H18N4O3. The van der Waals surface area contributed by atoms with E-state index in [0.29, 0.717) is 18.2 Å². The van der Waals surface area contributed by atoms with Crippen molar-refractivity contribution < 1.29 is 14.6 Å². The lowest BCUT2D eigenvalue weighted by atomic mass is 10.2. The van der Waals surface area contributed by atoms with E-state index in [1.165, 1.54) is 18.5 Å². The van der Waals surface area contributed by atoms with Crippen molar-refractivity contribution in [2.75, 3.05) is 17.7 Å². The summed E-state index contributed by atoms with van der Waals surface area (Å²) in [6, 6.07) is 16.0. The van der Waals surface area contributed by atoms with E-state index in [1.54, 1.807) is 25.3 Å². The second-order valence-electron chi connectivity index (χ2n) is 5.46. The van der Waals surface area contributed by atoms with E-state index in [2.05, 4.69) is 20.6 Å². The van der Waals surface area contributed by atoms with E-state index in [1.807, 2.05) is 24.3 Å². The SMILES string of the molecule is COc1ccccc1CNc1cc(Nc2ccc(C(=O)O)cc2)ncn1. The molecule has 7 heteroatoms. The van der Waals surface area contributed by atoms with Crippen LogP contribution in [0.2, 0.25) is 0 Å². The standard InChI is InChI=1S/C19H18N4O3/c1-26-16-5-3-2-4-14(16)11-20-17-10-18(22-12-21-17)23-15-8-6-13(7-9-15)19(24)25/h2-10,12H,11H2,1H3,(H,24,25)(H2,20,21,22,23). The Balaban J connectivity index is 1.67. The van der Waals surface area contributed by atoms with Crippen molar-refractivity contribution in [3.8, 4) is 5.75 Å². The first-order valence-corrected chi connectivity index (χ1v) is 7.94. The van der Waals surface area contributed by atoms with Gasteiger partial charge in [0.15, 0.2) is 0 Å². The molecule has 2 aromatic carbocycles. The molecule has 1 aromatic heterocycles. The zero-order chi connectivity index (χ0) is 18.4. The highest BCUT2D eigenvalue weighted by Crippen LogP contribution is 2.20. The fourth-order valence-corrected chi connectivity index (χ4v) is 2.40. The predicted octanol–water partition coefficient (Wildman–Crippen LogP) is 3.54. The lowest BCUT2D eigenvalue weighted by molar-refractivity contribution is 0.0697. The van der Waals surface area contributed by atoms with Crippen LogP contribution in [-0.4, -0.2) is 28.2 Å². The van der Waals surface area contributed by atoms with Crippen LogP contribution in [0.4, 0.5) is 17.3 Å². The van der Waals surface area contributed by atoms with Crippen molar-refractivity contribution in [1.82, 2.24) is 9.97 Å². The van der Waals surface area contributed by atoms with Crippen molar-refractivity contribution in [2.45, 2.75) is 6.54 Å². The molecular weight excluding hydrogens is 332 g/mol. The van der Waals surface area contributed by atoms with Crippen LogP contribution in [0.3, 0.4) is 0 Å². The van der Waals surface area contributed by atoms with Crippen LogP contribution in [0.1, 0.15) is 15.9 Å². The van der Waals surface area contributed by atoms with Crippen LogP contribution in [0.15, 0.2) is 60.9 Å². The fraction of sp³-hybridized carbons (Fsp3) is 0.105. The number of nitrogens with zero attached hydrogens (tertiary/aromatic N) is 2. The van der Waals surface area contributed by atoms with Crippen LogP contribution in [-0.2, 0) is 6.54 Å². The topological polar surface area (TPSA) is 96.4 Å². The molecule has 3 rings (SSSR count). The van der Waals surface area contributed by atoms with Crippen molar-refractivity contribution in [3.05, 3.63) is 72.1 Å². The molecule has 1 heterocycles. The Labute approximate surface area is 150 Å². The van der Waals surface area contributed by atoms with E-state index in [-0.39, 0.29) is 5.56 Å². The molecule has 26 heavy (non-hydrogen) atoms. The van der Waals surface area contributed by atoms with Gasteiger partial charge in [0.2, 0.25) is 0 Å². The summed E-state index contributed by atoms with van der Waals surface area (Å²) >= 11 is 0. The number of benzene rings is 2. The van der Waals surface area contributed by atoms with Gasteiger partial charge in [0.05, 0.1) is 12.7 Å². The van der Waals surface area contributed by atoms with Crippen LogP contribution in [0.25, 0.3) is 0 Å². The molecule has 0 bridgehead atoms. The summed E-state index contributed by atoms with van der Waals surface area (Å²) in [4.78, 5) is 19.3. The third-order valence-corrected chi connectivity index (χ3v) is 3.72. The maximum absolute atomic E-state index is 10.9. The number of ether oxygens (including phenoxy) is 1. The summed E-state index contributed by atoms with van der Waals surface area (Å²) in [5.74, 6) is 1.12. The van der Waals surface area contributed by atoms with Crippen molar-refractivity contribution in [2.24, 2.45) is 0 Å². The highest BCUT2D eigenvalue weighted by atomic mass is 16.5. The van der Waals surface area contributed by atoms with E-state index >= 15 is 0 Å². The van der Waals surface area contributed by atoms with Crippen molar-refractivity contribution in [1.29, 1.82) is 0 Å². The number of aromatic carboxylic acids is 1. The molecule has 0 saturated heterocycles. The number of methoxy groups -OCH3 is 1. The minimum atomic E-state index is -0.957. The average Bonchev–Trinajstić information content (AvgIpc) is 2.67. The maximum Gasteiger partial charge on any atom is 0.335 e. The van der Waals surface area contributed by atoms with Crippen LogP contribution < -0.4 is 15.4 Å². The van der Waals surface area contributed by atoms with Gasteiger partial charge in [-0.2, -0.15) is 0 Å². The zero-order valence-electron chi connectivity index (χ0n) is 14.1. The monoisotopic (exact) mass is 350 g/mol. The lowest BCUT2D eigenvalue weighted by Crippen LogP contribution is -2.04. The summed E-state index contributed by atoms with van der Waals surface area (Å²) in [6.07, 6.45) is 1.46. The molecule has 0 aliphatic heterocycles. The number of para-hydroxylation sites is 1. The number of carbonyl (C=O) groups is 1. The van der Waals surface area contributed by atoms with E-state index in [9.17, 15) is 4.79 Å². The molecule has 3 N–H and O–H groups in total. The number of hydrogen-bond donors (Lipinski definition) is 3. The van der Waals surface area contributed by atoms with Gasteiger partial charge in [-0.3, -0.25) is 0 Å². The Bertz CT molecular complexity index is 897. The van der Waals surface area contributed by atoms with Gasteiger partial charge in [0.25, 0.3) is 0 Å². The third kappa shape index (κ3) is 4.27. The minimum absolute atomic E-state index is 0.234. The van der Waals surface area contributed by atoms with Gasteiger partial charge in [-0.05, 0) is 30.3 Å². The number of carboxylic acid groups (broad SMARTS) is 1. The van der Waals surface area contributed by atoms with E-state index in [0.717, 1.165) is 17.0 Å². The Morgan fingerprint density at radius 1 is 1.08 bits per heavy atom. The number of hydrogen-bond acceptors (Lipinski definition) is 6. The minimum Gasteiger partial charge on any atom is -0.496 e. The third-order valence-electron chi connectivity index (χ3n) is 3.72. The summed E-state index contributed by atoms with van der Waals surface area (Å²) in [6.45, 7) is 0.563. The Morgan fingerprint density at radius 2 is 1.81 bits per heavy atom. The fourth-order valence-electron chi connectivity index (χ4n) is 2.40. The van der Waals surface area contributed by atoms with Gasteiger partial charge in [-0.1, -0.05) is 18.2 Å². The first kappa shape index (κ1) is 17.2. The Kier molecular flexibility index (Phi) is 5.28. The molecule has 0 amide bonds. The maximum atomic E-state index is 10.9. The average molecular weight is 350 g/mol. The van der Waals surface area contributed by atoms with Crippen molar-refractivity contribution in [3.63, 3.8) is 0 Å². The summed E-state index contributed by atoms with van der Waals surface area (Å²) in [7, 11) is 1.64. The molecule has 0 fully saturated rings. The number of aromatic nitrogens is 2. The van der Waals surface area contributed by atoms with Gasteiger partial charge in [0.1, 0.15) is 23.7 Å². The molecule has 7 nitrogen and oxygen atoms in total. The Hall–Kier alpha value is -3.61. The van der Waals surface area contributed by atoms with Crippen LogP contribution >= 0.6 is 0 Å². The largest absolute Gasteiger partial charge is 0.496 e. The van der Waals surface area contributed by atoms with E-state index in [4.69, 9.17) is 9.84 Å². The molecule has 0 spiro atoms. The lowest BCUT2D eigenvalue weighted by Gasteiger charge is -2.11. The van der Waals surface area contributed by atoms with Gasteiger partial charge >= 0.3 is 5.97 Å². The van der Waals surface area contributed by atoms with Gasteiger partial charge < -0.3 is 20.5 Å². The highest BCUT2D eigenvalue weighted by Gasteiger charge is 2.05. The first-order valence-electron chi connectivity index (χ1n) is 7.94. The summed E-state index contributed by atoms with van der Waals surface area (Å²) in [5.41, 5.74) is 1.99. The molecule has 3 aromatic rings. The second kappa shape index (κ2) is 7.98. The zero-order valence-corrected chi connectivity index (χ0v) is 14.1. The van der Waals surface area contributed by atoms with Crippen LogP contribution in [0.5, 0.6) is 5.75 Å². The van der Waals surface area contributed by atoms with Crippen LogP contribution in [0, 0.1) is 0 Å². The molecule has 132 valence electrons. The Morgan fingerprint density at radius 3 is 2.54 bits per heavy atom. The van der Waals surface area contributed by atoms with E-state index < -0.39 is 5.97 Å². The molecule has 0 unspecified atom stereocenters. The smallest absolute Gasteiger partial charge is 0.335 e. The number of nitrogens with one attached hydrogen (secondary N) is 2. The summed E-state index contributed by atoms with van der Waals surface area (Å²) in [5, 5.41) is 15.3. The van der Waals surface area contributed by atoms with Gasteiger partial charge in [-0.15, -0.1) is 0 Å². The van der Waals surface area contributed by atoms with Gasteiger partial charge in [0, 0.05) is 23.9 Å². The second-order valence-corrected chi connectivity index (χ2v) is 5.46. The number of carboxylic acids is 1. The normalized spacial score (nSPS) is 10.2. The molecule has 0 aliphatic carbocycles. The molecule has 0 aliphatic rings. The molecule has 0 atom stereocenters. The predicted molar refractivity (Wildman–Crippen MR) is 99.0 cm³/mol. The van der Waals surface area contributed by atoms with Crippen molar-refractivity contribution >= 4 is 23.3 Å². The number of rotatable bonds is 7. The first-order chi connectivity index (χ1) is 12.7. The number of anilines is 3.